The number of nitrogens with one attached hydrogen (secondary N) is 1. The normalized spacial score (nSPS) is 19.3. The van der Waals surface area contributed by atoms with Crippen LogP contribution in [0.25, 0.3) is 22.5 Å². The average Bonchev–Trinajstić information content (AvgIpc) is 3.43. The fraction of sp³-hybridized carbons (Fsp3) is 0.619. The van der Waals surface area contributed by atoms with Crippen LogP contribution in [0, 0.1) is 0 Å². The van der Waals surface area contributed by atoms with Gasteiger partial charge in [0.25, 0.3) is 5.89 Å². The number of pyridine rings is 1. The Morgan fingerprint density at radius 2 is 1.94 bits per heavy atom. The van der Waals surface area contributed by atoms with Crippen LogP contribution in [0.1, 0.15) is 25.6 Å². The molecule has 5 heterocycles. The highest BCUT2D eigenvalue weighted by Crippen LogP contribution is 2.34. The maximum Gasteiger partial charge on any atom is 0.261 e. The van der Waals surface area contributed by atoms with Crippen molar-refractivity contribution in [1.29, 1.82) is 0 Å². The Balaban J connectivity index is 1.44. The number of aryl methyl sites for hydroxylation is 1. The summed E-state index contributed by atoms with van der Waals surface area (Å²) in [6.45, 7) is 9.22. The fourth-order valence-electron chi connectivity index (χ4n) is 4.26. The second-order valence-corrected chi connectivity index (χ2v) is 8.37. The first-order valence-corrected chi connectivity index (χ1v) is 11.1. The standard InChI is InChI=1S/C21H30N8O2/c1-3-29-20-16(13-23-29)19(24-15-4-10-30-11-5-15)17(12-22-20)21-25-18(26-31-21)14-28-8-6-27(2)7-9-28/h12-13,15H,3-11,14H2,1-2H3,(H,22,24). The van der Waals surface area contributed by atoms with E-state index < -0.39 is 0 Å². The van der Waals surface area contributed by atoms with Crippen LogP contribution in [0.4, 0.5) is 5.69 Å². The number of nitrogens with zero attached hydrogens (tertiary/aromatic N) is 7. The van der Waals surface area contributed by atoms with E-state index in [1.165, 1.54) is 0 Å². The molecule has 10 nitrogen and oxygen atoms in total. The van der Waals surface area contributed by atoms with Gasteiger partial charge in [-0.1, -0.05) is 5.16 Å². The maximum atomic E-state index is 5.70. The van der Waals surface area contributed by atoms with Gasteiger partial charge in [0.05, 0.1) is 29.4 Å². The van der Waals surface area contributed by atoms with Crippen LogP contribution in [0.2, 0.25) is 0 Å². The van der Waals surface area contributed by atoms with Crippen LogP contribution in [0.3, 0.4) is 0 Å². The highest BCUT2D eigenvalue weighted by atomic mass is 16.5. The topological polar surface area (TPSA) is 97.4 Å². The molecule has 5 rings (SSSR count). The first kappa shape index (κ1) is 20.3. The fourth-order valence-corrected chi connectivity index (χ4v) is 4.26. The minimum atomic E-state index is 0.329. The summed E-state index contributed by atoms with van der Waals surface area (Å²) < 4.78 is 13.1. The maximum absolute atomic E-state index is 5.70. The lowest BCUT2D eigenvalue weighted by atomic mass is 10.1. The van der Waals surface area contributed by atoms with Crippen molar-refractivity contribution in [3.63, 3.8) is 0 Å². The van der Waals surface area contributed by atoms with Crippen LogP contribution in [-0.4, -0.2) is 87.2 Å². The molecule has 1 N–H and O–H groups in total. The number of rotatable bonds is 6. The van der Waals surface area contributed by atoms with Crippen molar-refractivity contribution in [3.8, 4) is 11.5 Å². The van der Waals surface area contributed by atoms with E-state index in [4.69, 9.17) is 14.2 Å². The molecule has 3 aromatic heterocycles. The molecule has 2 saturated heterocycles. The van der Waals surface area contributed by atoms with E-state index in [1.807, 2.05) is 17.1 Å². The Morgan fingerprint density at radius 3 is 2.71 bits per heavy atom. The van der Waals surface area contributed by atoms with Crippen molar-refractivity contribution >= 4 is 16.7 Å². The minimum Gasteiger partial charge on any atom is -0.381 e. The van der Waals surface area contributed by atoms with Gasteiger partial charge >= 0.3 is 0 Å². The molecule has 31 heavy (non-hydrogen) atoms. The summed E-state index contributed by atoms with van der Waals surface area (Å²) in [5.41, 5.74) is 2.65. The van der Waals surface area contributed by atoms with Gasteiger partial charge in [-0.25, -0.2) is 9.67 Å². The Labute approximate surface area is 181 Å². The molecule has 2 aliphatic rings. The average molecular weight is 427 g/mol. The second-order valence-electron chi connectivity index (χ2n) is 8.37. The molecule has 2 aliphatic heterocycles. The zero-order chi connectivity index (χ0) is 21.2. The Bertz CT molecular complexity index is 1020. The Hall–Kier alpha value is -2.56. The second kappa shape index (κ2) is 8.89. The van der Waals surface area contributed by atoms with E-state index >= 15 is 0 Å². The smallest absolute Gasteiger partial charge is 0.261 e. The van der Waals surface area contributed by atoms with Crippen molar-refractivity contribution in [3.05, 3.63) is 18.2 Å². The van der Waals surface area contributed by atoms with E-state index in [-0.39, 0.29) is 0 Å². The van der Waals surface area contributed by atoms with Gasteiger partial charge in [0.2, 0.25) is 0 Å². The number of likely N-dealkylation sites (N-methyl/N-ethyl adjacent to an activating group) is 1. The molecule has 3 aromatic rings. The predicted octanol–water partition coefficient (Wildman–Crippen LogP) is 1.84. The van der Waals surface area contributed by atoms with Gasteiger partial charge in [-0.2, -0.15) is 10.1 Å². The molecular formula is C21H30N8O2. The van der Waals surface area contributed by atoms with Crippen molar-refractivity contribution in [2.75, 3.05) is 51.8 Å². The van der Waals surface area contributed by atoms with Gasteiger partial charge in [-0.15, -0.1) is 0 Å². The van der Waals surface area contributed by atoms with Crippen molar-refractivity contribution in [1.82, 2.24) is 34.7 Å². The van der Waals surface area contributed by atoms with Crippen LogP contribution >= 0.6 is 0 Å². The van der Waals surface area contributed by atoms with Gasteiger partial charge in [-0.3, -0.25) is 4.90 Å². The lowest BCUT2D eigenvalue weighted by Crippen LogP contribution is -2.44. The third kappa shape index (κ3) is 4.28. The highest BCUT2D eigenvalue weighted by molar-refractivity contribution is 5.96. The molecule has 0 radical (unpaired) electrons. The molecule has 0 aliphatic carbocycles. The van der Waals surface area contributed by atoms with Crippen LogP contribution in [0.5, 0.6) is 0 Å². The SMILES string of the molecule is CCn1ncc2c(NC3CCOCC3)c(-c3nc(CN4CCN(C)CC4)no3)cnc21. The summed E-state index contributed by atoms with van der Waals surface area (Å²) in [6, 6.07) is 0.329. The quantitative estimate of drug-likeness (QED) is 0.633. The molecule has 0 saturated carbocycles. The van der Waals surface area contributed by atoms with Crippen molar-refractivity contribution in [2.45, 2.75) is 38.9 Å². The zero-order valence-electron chi connectivity index (χ0n) is 18.3. The number of ether oxygens (including phenoxy) is 1. The Kier molecular flexibility index (Phi) is 5.84. The monoisotopic (exact) mass is 426 g/mol. The summed E-state index contributed by atoms with van der Waals surface area (Å²) in [4.78, 5) is 14.1. The lowest BCUT2D eigenvalue weighted by molar-refractivity contribution is 0.0905. The molecule has 0 unspecified atom stereocenters. The predicted molar refractivity (Wildman–Crippen MR) is 117 cm³/mol. The van der Waals surface area contributed by atoms with Gasteiger partial charge < -0.3 is 19.5 Å². The zero-order valence-corrected chi connectivity index (χ0v) is 18.3. The summed E-state index contributed by atoms with van der Waals surface area (Å²) in [7, 11) is 2.15. The Morgan fingerprint density at radius 1 is 1.13 bits per heavy atom. The summed E-state index contributed by atoms with van der Waals surface area (Å²) in [6.07, 6.45) is 5.62. The summed E-state index contributed by atoms with van der Waals surface area (Å²) in [5, 5.41) is 13.4. The van der Waals surface area contributed by atoms with E-state index in [0.717, 1.165) is 81.1 Å². The number of piperazine rings is 1. The number of fused-ring (bicyclic) bond motifs is 1. The van der Waals surface area contributed by atoms with Crippen molar-refractivity contribution < 1.29 is 9.26 Å². The molecule has 0 aromatic carbocycles. The molecule has 0 atom stereocenters. The van der Waals surface area contributed by atoms with Gasteiger partial charge in [0.1, 0.15) is 0 Å². The molecule has 166 valence electrons. The molecule has 0 amide bonds. The first-order valence-electron chi connectivity index (χ1n) is 11.1. The van der Waals surface area contributed by atoms with E-state index in [1.54, 1.807) is 0 Å². The third-order valence-corrected chi connectivity index (χ3v) is 6.19. The van der Waals surface area contributed by atoms with Crippen LogP contribution in [-0.2, 0) is 17.8 Å². The van der Waals surface area contributed by atoms with Gasteiger partial charge in [0, 0.05) is 58.2 Å². The van der Waals surface area contributed by atoms with Gasteiger partial charge in [-0.05, 0) is 26.8 Å². The molecule has 2 fully saturated rings. The number of aromatic nitrogens is 5. The molecule has 0 spiro atoms. The van der Waals surface area contributed by atoms with E-state index in [0.29, 0.717) is 24.3 Å². The highest BCUT2D eigenvalue weighted by Gasteiger charge is 2.23. The number of hydrogen-bond acceptors (Lipinski definition) is 9. The third-order valence-electron chi connectivity index (χ3n) is 6.19. The number of hydrogen-bond donors (Lipinski definition) is 1. The number of anilines is 1. The van der Waals surface area contributed by atoms with Crippen LogP contribution < -0.4 is 5.32 Å². The minimum absolute atomic E-state index is 0.329. The molecular weight excluding hydrogens is 396 g/mol. The van der Waals surface area contributed by atoms with Crippen LogP contribution in [0.15, 0.2) is 16.9 Å². The molecule has 10 heteroatoms. The van der Waals surface area contributed by atoms with E-state index in [2.05, 4.69) is 44.3 Å². The summed E-state index contributed by atoms with van der Waals surface area (Å²) in [5.74, 6) is 1.21. The van der Waals surface area contributed by atoms with Crippen molar-refractivity contribution in [2.24, 2.45) is 0 Å². The lowest BCUT2D eigenvalue weighted by Gasteiger charge is -2.31. The van der Waals surface area contributed by atoms with Gasteiger partial charge in [0.15, 0.2) is 11.5 Å². The molecule has 0 bridgehead atoms. The summed E-state index contributed by atoms with van der Waals surface area (Å²) >= 11 is 0. The first-order chi connectivity index (χ1) is 15.2. The van der Waals surface area contributed by atoms with E-state index in [9.17, 15) is 0 Å². The largest absolute Gasteiger partial charge is 0.381 e.